The van der Waals surface area contributed by atoms with Crippen molar-refractivity contribution in [1.29, 1.82) is 0 Å². The SMILES string of the molecule is CS(=O)(=O)N1CCCC(CC2(CN)CCOC2)C1. The normalized spacial score (nSPS) is 34.9. The smallest absolute Gasteiger partial charge is 0.211 e. The van der Waals surface area contributed by atoms with Gasteiger partial charge in [0.05, 0.1) is 12.9 Å². The predicted molar refractivity (Wildman–Crippen MR) is 70.7 cm³/mol. The Morgan fingerprint density at radius 1 is 1.50 bits per heavy atom. The highest BCUT2D eigenvalue weighted by atomic mass is 32.2. The molecule has 2 saturated heterocycles. The Kier molecular flexibility index (Phi) is 4.31. The molecule has 0 aromatic heterocycles. The van der Waals surface area contributed by atoms with Gasteiger partial charge >= 0.3 is 0 Å². The van der Waals surface area contributed by atoms with Crippen molar-refractivity contribution in [3.63, 3.8) is 0 Å². The minimum Gasteiger partial charge on any atom is -0.381 e. The van der Waals surface area contributed by atoms with Gasteiger partial charge in [0.2, 0.25) is 10.0 Å². The largest absolute Gasteiger partial charge is 0.381 e. The van der Waals surface area contributed by atoms with Crippen LogP contribution in [0.5, 0.6) is 0 Å². The van der Waals surface area contributed by atoms with Gasteiger partial charge in [-0.2, -0.15) is 0 Å². The van der Waals surface area contributed by atoms with Crippen LogP contribution < -0.4 is 5.73 Å². The van der Waals surface area contributed by atoms with Gasteiger partial charge in [0.1, 0.15) is 0 Å². The summed E-state index contributed by atoms with van der Waals surface area (Å²) >= 11 is 0. The fourth-order valence-corrected chi connectivity index (χ4v) is 4.10. The molecule has 6 heteroatoms. The zero-order chi connectivity index (χ0) is 13.2. The molecule has 0 radical (unpaired) electrons. The molecule has 2 unspecified atom stereocenters. The minimum atomic E-state index is -3.05. The number of hydrogen-bond acceptors (Lipinski definition) is 4. The Labute approximate surface area is 110 Å². The summed E-state index contributed by atoms with van der Waals surface area (Å²) in [6.45, 7) is 3.49. The Bertz CT molecular complexity index is 377. The van der Waals surface area contributed by atoms with Crippen molar-refractivity contribution in [2.75, 3.05) is 39.1 Å². The number of sulfonamides is 1. The molecule has 106 valence electrons. The molecule has 2 heterocycles. The van der Waals surface area contributed by atoms with Crippen LogP contribution in [0.1, 0.15) is 25.7 Å². The van der Waals surface area contributed by atoms with E-state index in [0.29, 0.717) is 25.6 Å². The Hall–Kier alpha value is -0.170. The molecule has 2 fully saturated rings. The first-order chi connectivity index (χ1) is 8.45. The van der Waals surface area contributed by atoms with Gasteiger partial charge in [0.25, 0.3) is 0 Å². The van der Waals surface area contributed by atoms with Crippen LogP contribution in [-0.2, 0) is 14.8 Å². The summed E-state index contributed by atoms with van der Waals surface area (Å²) in [6, 6.07) is 0. The van der Waals surface area contributed by atoms with Gasteiger partial charge in [-0.05, 0) is 31.6 Å². The lowest BCUT2D eigenvalue weighted by atomic mass is 9.76. The summed E-state index contributed by atoms with van der Waals surface area (Å²) in [7, 11) is -3.05. The van der Waals surface area contributed by atoms with Gasteiger partial charge in [-0.15, -0.1) is 0 Å². The summed E-state index contributed by atoms with van der Waals surface area (Å²) in [6.07, 6.45) is 5.37. The van der Waals surface area contributed by atoms with E-state index in [4.69, 9.17) is 10.5 Å². The second kappa shape index (κ2) is 5.45. The highest BCUT2D eigenvalue weighted by Crippen LogP contribution is 2.37. The van der Waals surface area contributed by atoms with Crippen molar-refractivity contribution < 1.29 is 13.2 Å². The number of nitrogens with two attached hydrogens (primary N) is 1. The molecule has 0 saturated carbocycles. The molecule has 2 rings (SSSR count). The van der Waals surface area contributed by atoms with Gasteiger partial charge in [0, 0.05) is 31.7 Å². The number of nitrogens with zero attached hydrogens (tertiary/aromatic N) is 1. The van der Waals surface area contributed by atoms with Crippen LogP contribution in [0.15, 0.2) is 0 Å². The Morgan fingerprint density at radius 3 is 2.83 bits per heavy atom. The van der Waals surface area contributed by atoms with Crippen molar-refractivity contribution in [1.82, 2.24) is 4.31 Å². The molecular weight excluding hydrogens is 252 g/mol. The van der Waals surface area contributed by atoms with E-state index in [1.54, 1.807) is 4.31 Å². The highest BCUT2D eigenvalue weighted by Gasteiger charge is 2.37. The zero-order valence-corrected chi connectivity index (χ0v) is 11.9. The zero-order valence-electron chi connectivity index (χ0n) is 11.1. The predicted octanol–water partition coefficient (Wildman–Crippen LogP) is 0.414. The van der Waals surface area contributed by atoms with E-state index < -0.39 is 10.0 Å². The average Bonchev–Trinajstić information content (AvgIpc) is 2.77. The lowest BCUT2D eigenvalue weighted by Crippen LogP contribution is -2.42. The lowest BCUT2D eigenvalue weighted by Gasteiger charge is -2.36. The molecule has 2 aliphatic heterocycles. The molecule has 2 aliphatic rings. The van der Waals surface area contributed by atoms with E-state index in [2.05, 4.69) is 0 Å². The number of hydrogen-bond donors (Lipinski definition) is 1. The Morgan fingerprint density at radius 2 is 2.28 bits per heavy atom. The van der Waals surface area contributed by atoms with Crippen molar-refractivity contribution >= 4 is 10.0 Å². The first-order valence-corrected chi connectivity index (χ1v) is 8.53. The van der Waals surface area contributed by atoms with Gasteiger partial charge < -0.3 is 10.5 Å². The van der Waals surface area contributed by atoms with E-state index in [1.165, 1.54) is 6.26 Å². The molecule has 0 aromatic rings. The molecule has 18 heavy (non-hydrogen) atoms. The molecule has 5 nitrogen and oxygen atoms in total. The third-order valence-corrected chi connectivity index (χ3v) is 5.56. The van der Waals surface area contributed by atoms with Crippen molar-refractivity contribution in [2.45, 2.75) is 25.7 Å². The number of rotatable bonds is 4. The number of piperidine rings is 1. The third kappa shape index (κ3) is 3.23. The average molecular weight is 276 g/mol. The lowest BCUT2D eigenvalue weighted by molar-refractivity contribution is 0.122. The first-order valence-electron chi connectivity index (χ1n) is 6.68. The second-order valence-corrected chi connectivity index (χ2v) is 7.82. The summed E-state index contributed by atoms with van der Waals surface area (Å²) in [5, 5.41) is 0. The summed E-state index contributed by atoms with van der Waals surface area (Å²) in [4.78, 5) is 0. The van der Waals surface area contributed by atoms with Crippen LogP contribution in [0.2, 0.25) is 0 Å². The first kappa shape index (κ1) is 14.2. The maximum absolute atomic E-state index is 11.6. The quantitative estimate of drug-likeness (QED) is 0.807. The van der Waals surface area contributed by atoms with Crippen LogP contribution in [0, 0.1) is 11.3 Å². The minimum absolute atomic E-state index is 0.0885. The molecule has 0 aliphatic carbocycles. The van der Waals surface area contributed by atoms with Crippen molar-refractivity contribution in [3.8, 4) is 0 Å². The fourth-order valence-electron chi connectivity index (χ4n) is 3.16. The summed E-state index contributed by atoms with van der Waals surface area (Å²) < 4.78 is 30.3. The molecule has 2 atom stereocenters. The standard InChI is InChI=1S/C12H24N2O3S/c1-18(15,16)14-5-2-3-11(8-14)7-12(9-13)4-6-17-10-12/h11H,2-10,13H2,1H3. The second-order valence-electron chi connectivity index (χ2n) is 5.84. The van der Waals surface area contributed by atoms with E-state index in [9.17, 15) is 8.42 Å². The molecule has 0 aromatic carbocycles. The van der Waals surface area contributed by atoms with E-state index >= 15 is 0 Å². The monoisotopic (exact) mass is 276 g/mol. The third-order valence-electron chi connectivity index (χ3n) is 4.29. The van der Waals surface area contributed by atoms with Crippen molar-refractivity contribution in [3.05, 3.63) is 0 Å². The van der Waals surface area contributed by atoms with Crippen LogP contribution in [0.25, 0.3) is 0 Å². The summed E-state index contributed by atoms with van der Waals surface area (Å²) in [5.74, 6) is 0.429. The van der Waals surface area contributed by atoms with Gasteiger partial charge in [-0.25, -0.2) is 12.7 Å². The van der Waals surface area contributed by atoms with E-state index in [1.807, 2.05) is 0 Å². The molecular formula is C12H24N2O3S. The number of ether oxygens (including phenoxy) is 1. The maximum atomic E-state index is 11.6. The van der Waals surface area contributed by atoms with Crippen LogP contribution in [-0.4, -0.2) is 51.8 Å². The van der Waals surface area contributed by atoms with Gasteiger partial charge in [-0.1, -0.05) is 0 Å². The van der Waals surface area contributed by atoms with E-state index in [-0.39, 0.29) is 5.41 Å². The summed E-state index contributed by atoms with van der Waals surface area (Å²) in [5.41, 5.74) is 5.98. The molecule has 2 N–H and O–H groups in total. The fraction of sp³-hybridized carbons (Fsp3) is 1.00. The molecule has 0 spiro atoms. The van der Waals surface area contributed by atoms with Crippen LogP contribution in [0.3, 0.4) is 0 Å². The van der Waals surface area contributed by atoms with Gasteiger partial charge in [0.15, 0.2) is 0 Å². The Balaban J connectivity index is 1.97. The molecule has 0 bridgehead atoms. The van der Waals surface area contributed by atoms with Gasteiger partial charge in [-0.3, -0.25) is 0 Å². The van der Waals surface area contributed by atoms with Crippen LogP contribution in [0.4, 0.5) is 0 Å². The van der Waals surface area contributed by atoms with Crippen molar-refractivity contribution in [2.24, 2.45) is 17.1 Å². The topological polar surface area (TPSA) is 72.6 Å². The van der Waals surface area contributed by atoms with E-state index in [0.717, 1.165) is 38.9 Å². The highest BCUT2D eigenvalue weighted by molar-refractivity contribution is 7.88. The maximum Gasteiger partial charge on any atom is 0.211 e. The molecule has 0 amide bonds. The van der Waals surface area contributed by atoms with Crippen LogP contribution >= 0.6 is 0 Å².